The van der Waals surface area contributed by atoms with Crippen molar-refractivity contribution in [2.24, 2.45) is 0 Å². The average molecular weight is 260 g/mol. The van der Waals surface area contributed by atoms with E-state index in [0.29, 0.717) is 13.1 Å². The lowest BCUT2D eigenvalue weighted by Gasteiger charge is -2.35. The van der Waals surface area contributed by atoms with E-state index >= 15 is 0 Å². The number of ether oxygens (including phenoxy) is 1. The van der Waals surface area contributed by atoms with E-state index in [1.807, 2.05) is 39.8 Å². The van der Waals surface area contributed by atoms with Crippen molar-refractivity contribution in [3.05, 3.63) is 35.2 Å². The van der Waals surface area contributed by atoms with Crippen LogP contribution < -0.4 is 0 Å². The molecule has 0 N–H and O–H groups in total. The zero-order valence-electron chi connectivity index (χ0n) is 11.9. The third-order valence-corrected chi connectivity index (χ3v) is 2.85. The van der Waals surface area contributed by atoms with Gasteiger partial charge in [-0.3, -0.25) is 4.98 Å². The SMILES string of the molecule is Cc1ncccc1C=C1CN(C(=O)OC(C)(C)C)C1. The molecule has 2 heterocycles. The number of aryl methyl sites for hydroxylation is 1. The van der Waals surface area contributed by atoms with Gasteiger partial charge < -0.3 is 9.64 Å². The van der Waals surface area contributed by atoms with Crippen LogP contribution in [0.15, 0.2) is 23.9 Å². The van der Waals surface area contributed by atoms with E-state index in [1.165, 1.54) is 5.57 Å². The van der Waals surface area contributed by atoms with E-state index in [2.05, 4.69) is 11.1 Å². The molecular weight excluding hydrogens is 240 g/mol. The van der Waals surface area contributed by atoms with Crippen LogP contribution in [0, 0.1) is 6.92 Å². The summed E-state index contributed by atoms with van der Waals surface area (Å²) in [5.41, 5.74) is 2.91. The number of hydrogen-bond donors (Lipinski definition) is 0. The summed E-state index contributed by atoms with van der Waals surface area (Å²) in [6.07, 6.45) is 3.64. The van der Waals surface area contributed by atoms with Gasteiger partial charge in [-0.25, -0.2) is 4.79 Å². The summed E-state index contributed by atoms with van der Waals surface area (Å²) < 4.78 is 5.31. The number of pyridine rings is 1. The first kappa shape index (κ1) is 13.6. The van der Waals surface area contributed by atoms with Gasteiger partial charge in [0, 0.05) is 25.0 Å². The standard InChI is InChI=1S/C15H20N2O2/c1-11-13(6-5-7-16-11)8-12-9-17(10-12)14(18)19-15(2,3)4/h5-8H,9-10H2,1-4H3. The number of carbonyl (C=O) groups excluding carboxylic acids is 1. The zero-order valence-corrected chi connectivity index (χ0v) is 11.9. The molecule has 0 aliphatic carbocycles. The Balaban J connectivity index is 1.93. The van der Waals surface area contributed by atoms with Crippen LogP contribution >= 0.6 is 0 Å². The molecular formula is C15H20N2O2. The fraction of sp³-hybridized carbons (Fsp3) is 0.467. The van der Waals surface area contributed by atoms with Crippen molar-refractivity contribution >= 4 is 12.2 Å². The fourth-order valence-electron chi connectivity index (χ4n) is 1.86. The highest BCUT2D eigenvalue weighted by Crippen LogP contribution is 2.21. The topological polar surface area (TPSA) is 42.4 Å². The van der Waals surface area contributed by atoms with Gasteiger partial charge in [0.15, 0.2) is 0 Å². The minimum atomic E-state index is -0.434. The second kappa shape index (κ2) is 5.03. The summed E-state index contributed by atoms with van der Waals surface area (Å²) in [5, 5.41) is 0. The van der Waals surface area contributed by atoms with Crippen LogP contribution in [-0.2, 0) is 4.74 Å². The molecule has 0 unspecified atom stereocenters. The minimum absolute atomic E-state index is 0.243. The van der Waals surface area contributed by atoms with Crippen LogP contribution in [0.3, 0.4) is 0 Å². The molecule has 1 aliphatic heterocycles. The maximum absolute atomic E-state index is 11.8. The molecule has 4 heteroatoms. The number of carbonyl (C=O) groups is 1. The average Bonchev–Trinajstić information content (AvgIpc) is 2.22. The van der Waals surface area contributed by atoms with Crippen molar-refractivity contribution in [3.63, 3.8) is 0 Å². The number of aromatic nitrogens is 1. The van der Waals surface area contributed by atoms with Gasteiger partial charge in [-0.15, -0.1) is 0 Å². The highest BCUT2D eigenvalue weighted by atomic mass is 16.6. The van der Waals surface area contributed by atoms with E-state index in [9.17, 15) is 4.79 Å². The monoisotopic (exact) mass is 260 g/mol. The summed E-state index contributed by atoms with van der Waals surface area (Å²) >= 11 is 0. The summed E-state index contributed by atoms with van der Waals surface area (Å²) in [6, 6.07) is 3.95. The van der Waals surface area contributed by atoms with Gasteiger partial charge in [0.2, 0.25) is 0 Å². The number of nitrogens with zero attached hydrogens (tertiary/aromatic N) is 2. The van der Waals surface area contributed by atoms with Crippen LogP contribution in [0.5, 0.6) is 0 Å². The predicted molar refractivity (Wildman–Crippen MR) is 74.8 cm³/mol. The first-order chi connectivity index (χ1) is 8.85. The van der Waals surface area contributed by atoms with E-state index in [1.54, 1.807) is 11.1 Å². The smallest absolute Gasteiger partial charge is 0.410 e. The predicted octanol–water partition coefficient (Wildman–Crippen LogP) is 3.02. The van der Waals surface area contributed by atoms with Crippen LogP contribution in [0.2, 0.25) is 0 Å². The van der Waals surface area contributed by atoms with Gasteiger partial charge in [-0.2, -0.15) is 0 Å². The van der Waals surface area contributed by atoms with Gasteiger partial charge in [0.05, 0.1) is 0 Å². The lowest BCUT2D eigenvalue weighted by Crippen LogP contribution is -2.46. The largest absolute Gasteiger partial charge is 0.444 e. The normalized spacial score (nSPS) is 14.9. The molecule has 0 bridgehead atoms. The number of hydrogen-bond acceptors (Lipinski definition) is 3. The van der Waals surface area contributed by atoms with Crippen LogP contribution in [-0.4, -0.2) is 34.7 Å². The Bertz CT molecular complexity index is 507. The molecule has 1 aromatic rings. The Morgan fingerprint density at radius 1 is 1.42 bits per heavy atom. The molecule has 1 amide bonds. The summed E-state index contributed by atoms with van der Waals surface area (Å²) in [7, 11) is 0. The van der Waals surface area contributed by atoms with E-state index in [0.717, 1.165) is 11.3 Å². The molecule has 0 atom stereocenters. The second-order valence-electron chi connectivity index (χ2n) is 5.82. The zero-order chi connectivity index (χ0) is 14.0. The molecule has 2 rings (SSSR count). The molecule has 1 saturated heterocycles. The van der Waals surface area contributed by atoms with Gasteiger partial charge in [0.1, 0.15) is 5.60 Å². The molecule has 0 saturated carbocycles. The van der Waals surface area contributed by atoms with Gasteiger partial charge in [-0.05, 0) is 44.9 Å². The number of rotatable bonds is 1. The Hall–Kier alpha value is -1.84. The summed E-state index contributed by atoms with van der Waals surface area (Å²) in [5.74, 6) is 0. The first-order valence-corrected chi connectivity index (χ1v) is 6.44. The first-order valence-electron chi connectivity index (χ1n) is 6.44. The third-order valence-electron chi connectivity index (χ3n) is 2.85. The van der Waals surface area contributed by atoms with E-state index < -0.39 is 5.60 Å². The lowest BCUT2D eigenvalue weighted by molar-refractivity contribution is 0.0216. The molecule has 0 spiro atoms. The molecule has 4 nitrogen and oxygen atoms in total. The molecule has 1 aliphatic rings. The van der Waals surface area contributed by atoms with E-state index in [4.69, 9.17) is 4.74 Å². The highest BCUT2D eigenvalue weighted by molar-refractivity contribution is 5.72. The third kappa shape index (κ3) is 3.56. The van der Waals surface area contributed by atoms with Crippen LogP contribution in [0.25, 0.3) is 6.08 Å². The van der Waals surface area contributed by atoms with Crippen molar-refractivity contribution < 1.29 is 9.53 Å². The Kier molecular flexibility index (Phi) is 3.60. The Labute approximate surface area is 114 Å². The van der Waals surface area contributed by atoms with Crippen LogP contribution in [0.4, 0.5) is 4.79 Å². The van der Waals surface area contributed by atoms with E-state index in [-0.39, 0.29) is 6.09 Å². The molecule has 1 aromatic heterocycles. The van der Waals surface area contributed by atoms with Crippen molar-refractivity contribution in [2.75, 3.05) is 13.1 Å². The highest BCUT2D eigenvalue weighted by Gasteiger charge is 2.29. The Morgan fingerprint density at radius 2 is 2.11 bits per heavy atom. The summed E-state index contributed by atoms with van der Waals surface area (Å²) in [6.45, 7) is 8.89. The fourth-order valence-corrected chi connectivity index (χ4v) is 1.86. The van der Waals surface area contributed by atoms with Crippen molar-refractivity contribution in [1.29, 1.82) is 0 Å². The second-order valence-corrected chi connectivity index (χ2v) is 5.82. The Morgan fingerprint density at radius 3 is 2.68 bits per heavy atom. The van der Waals surface area contributed by atoms with Gasteiger partial charge in [0.25, 0.3) is 0 Å². The van der Waals surface area contributed by atoms with Crippen molar-refractivity contribution in [1.82, 2.24) is 9.88 Å². The van der Waals surface area contributed by atoms with Crippen molar-refractivity contribution in [2.45, 2.75) is 33.3 Å². The van der Waals surface area contributed by atoms with Crippen molar-refractivity contribution in [3.8, 4) is 0 Å². The molecule has 0 radical (unpaired) electrons. The molecule has 102 valence electrons. The molecule has 1 fully saturated rings. The number of amides is 1. The number of likely N-dealkylation sites (tertiary alicyclic amines) is 1. The maximum atomic E-state index is 11.8. The maximum Gasteiger partial charge on any atom is 0.410 e. The van der Waals surface area contributed by atoms with Gasteiger partial charge in [-0.1, -0.05) is 12.1 Å². The molecule has 0 aromatic carbocycles. The lowest BCUT2D eigenvalue weighted by atomic mass is 10.0. The van der Waals surface area contributed by atoms with Crippen LogP contribution in [0.1, 0.15) is 32.0 Å². The quantitative estimate of drug-likeness (QED) is 0.779. The van der Waals surface area contributed by atoms with Gasteiger partial charge >= 0.3 is 6.09 Å². The summed E-state index contributed by atoms with van der Waals surface area (Å²) in [4.78, 5) is 17.7. The molecule has 19 heavy (non-hydrogen) atoms. The minimum Gasteiger partial charge on any atom is -0.444 e.